The van der Waals surface area contributed by atoms with Gasteiger partial charge < -0.3 is 19.1 Å². The summed E-state index contributed by atoms with van der Waals surface area (Å²) in [5.41, 5.74) is 0.470. The molecule has 39 heavy (non-hydrogen) atoms. The fourth-order valence-electron chi connectivity index (χ4n) is 5.30. The third kappa shape index (κ3) is 9.83. The number of rotatable bonds is 11. The van der Waals surface area contributed by atoms with Crippen molar-refractivity contribution in [1.29, 1.82) is 0 Å². The number of esters is 1. The molecule has 0 N–H and O–H groups in total. The summed E-state index contributed by atoms with van der Waals surface area (Å²) in [6.45, 7) is 8.48. The molecule has 1 amide bonds. The summed E-state index contributed by atoms with van der Waals surface area (Å²) in [5.74, 6) is -2.04. The number of carbonyl (C=O) groups is 2. The van der Waals surface area contributed by atoms with Crippen LogP contribution in [0.3, 0.4) is 0 Å². The lowest BCUT2D eigenvalue weighted by atomic mass is 9.91. The summed E-state index contributed by atoms with van der Waals surface area (Å²) < 4.78 is 44.2. The van der Waals surface area contributed by atoms with Gasteiger partial charge in [0.1, 0.15) is 11.4 Å². The summed E-state index contributed by atoms with van der Waals surface area (Å²) in [5, 5.41) is 0.182. The molecule has 0 aromatic heterocycles. The number of aryl methyl sites for hydroxylation is 1. The highest BCUT2D eigenvalue weighted by atomic mass is 32.2. The van der Waals surface area contributed by atoms with Gasteiger partial charge in [0, 0.05) is 35.6 Å². The molecule has 3 rings (SSSR count). The number of nitrogens with zero attached hydrogens (tertiary/aromatic N) is 1. The van der Waals surface area contributed by atoms with Crippen LogP contribution in [0, 0.1) is 12.8 Å². The largest absolute Gasteiger partial charge is 0.492 e. The number of carbonyl (C=O) groups excluding carboxylic acids is 2. The van der Waals surface area contributed by atoms with E-state index in [2.05, 4.69) is 12.1 Å². The predicted octanol–water partition coefficient (Wildman–Crippen LogP) is 7.79. The molecule has 0 radical (unpaired) electrons. The number of methoxy groups -OCH3 is 1. The van der Waals surface area contributed by atoms with Crippen molar-refractivity contribution in [2.75, 3.05) is 20.3 Å². The molecule has 0 bridgehead atoms. The molecule has 9 heteroatoms. The number of benzene rings is 1. The molecule has 2 aliphatic rings. The van der Waals surface area contributed by atoms with E-state index in [-0.39, 0.29) is 36.0 Å². The standard InChI is InChI=1S/C30H45F2NO5S/c1-21-12-13-26(39-25-11-9-10-23(25)27(34)36-5)24(20-21)37-19-8-6-7-18-33(28(35)38-29(2,3)4)22-14-16-30(31,32)17-15-22/h12-13,20,22-23,25H,6-11,14-19H2,1-5H3/t23-,25-/m0/s1. The van der Waals surface area contributed by atoms with E-state index in [9.17, 15) is 18.4 Å². The predicted molar refractivity (Wildman–Crippen MR) is 150 cm³/mol. The highest BCUT2D eigenvalue weighted by molar-refractivity contribution is 8.00. The van der Waals surface area contributed by atoms with Crippen molar-refractivity contribution in [2.45, 2.75) is 120 Å². The second-order valence-electron chi connectivity index (χ2n) is 11.8. The number of thioether (sulfide) groups is 1. The van der Waals surface area contributed by atoms with Crippen LogP contribution in [0.2, 0.25) is 0 Å². The van der Waals surface area contributed by atoms with Crippen LogP contribution in [-0.4, -0.2) is 60.0 Å². The van der Waals surface area contributed by atoms with Crippen molar-refractivity contribution in [2.24, 2.45) is 5.92 Å². The van der Waals surface area contributed by atoms with Crippen LogP contribution < -0.4 is 4.74 Å². The molecular formula is C30H45F2NO5S. The molecule has 2 fully saturated rings. The highest BCUT2D eigenvalue weighted by Crippen LogP contribution is 2.43. The number of unbranched alkanes of at least 4 members (excludes halogenated alkanes) is 2. The van der Waals surface area contributed by atoms with Gasteiger partial charge in [-0.25, -0.2) is 13.6 Å². The van der Waals surface area contributed by atoms with E-state index in [1.165, 1.54) is 7.11 Å². The molecule has 0 spiro atoms. The molecule has 0 unspecified atom stereocenters. The first-order valence-corrected chi connectivity index (χ1v) is 15.1. The van der Waals surface area contributed by atoms with Crippen LogP contribution in [-0.2, 0) is 14.3 Å². The average molecular weight is 570 g/mol. The van der Waals surface area contributed by atoms with Crippen molar-refractivity contribution < 1.29 is 32.6 Å². The normalized spacial score (nSPS) is 21.4. The lowest BCUT2D eigenvalue weighted by molar-refractivity contribution is -0.144. The maximum absolute atomic E-state index is 13.7. The molecule has 220 valence electrons. The van der Waals surface area contributed by atoms with Gasteiger partial charge in [0.15, 0.2) is 0 Å². The Labute approximate surface area is 236 Å². The quantitative estimate of drug-likeness (QED) is 0.200. The van der Waals surface area contributed by atoms with E-state index >= 15 is 0 Å². The van der Waals surface area contributed by atoms with Gasteiger partial charge in [-0.2, -0.15) is 0 Å². The van der Waals surface area contributed by atoms with Crippen LogP contribution in [0.25, 0.3) is 0 Å². The zero-order valence-corrected chi connectivity index (χ0v) is 24.9. The van der Waals surface area contributed by atoms with Gasteiger partial charge >= 0.3 is 12.1 Å². The van der Waals surface area contributed by atoms with E-state index < -0.39 is 17.6 Å². The Balaban J connectivity index is 1.50. The van der Waals surface area contributed by atoms with Gasteiger partial charge in [0.2, 0.25) is 5.92 Å². The SMILES string of the molecule is COC(=O)[C@H]1CCC[C@@H]1Sc1ccc(C)cc1OCCCCCN(C(=O)OC(C)(C)C)C1CCC(F)(F)CC1. The molecule has 0 saturated heterocycles. The number of hydrogen-bond acceptors (Lipinski definition) is 6. The van der Waals surface area contributed by atoms with Crippen molar-refractivity contribution >= 4 is 23.8 Å². The Kier molecular flexibility index (Phi) is 11.3. The maximum Gasteiger partial charge on any atom is 0.410 e. The van der Waals surface area contributed by atoms with Gasteiger partial charge in [0.25, 0.3) is 0 Å². The molecule has 2 aliphatic carbocycles. The van der Waals surface area contributed by atoms with Crippen LogP contribution in [0.1, 0.15) is 90.5 Å². The molecule has 0 heterocycles. The maximum atomic E-state index is 13.7. The summed E-state index contributed by atoms with van der Waals surface area (Å²) in [7, 11) is 1.45. The molecule has 2 saturated carbocycles. The fourth-order valence-corrected chi connectivity index (χ4v) is 6.70. The molecule has 2 atom stereocenters. The third-order valence-corrected chi connectivity index (χ3v) is 8.85. The van der Waals surface area contributed by atoms with E-state index in [0.717, 1.165) is 54.7 Å². The third-order valence-electron chi connectivity index (χ3n) is 7.39. The second kappa shape index (κ2) is 14.0. The molecule has 0 aliphatic heterocycles. The zero-order chi connectivity index (χ0) is 28.6. The summed E-state index contributed by atoms with van der Waals surface area (Å²) >= 11 is 1.70. The minimum atomic E-state index is -2.64. The van der Waals surface area contributed by atoms with Gasteiger partial charge in [-0.15, -0.1) is 11.8 Å². The van der Waals surface area contributed by atoms with Crippen molar-refractivity contribution in [3.63, 3.8) is 0 Å². The van der Waals surface area contributed by atoms with Crippen LogP contribution in [0.15, 0.2) is 23.1 Å². The summed E-state index contributed by atoms with van der Waals surface area (Å²) in [6.07, 6.45) is 5.01. The number of halogens is 2. The van der Waals surface area contributed by atoms with Crippen molar-refractivity contribution in [3.8, 4) is 5.75 Å². The first-order valence-electron chi connectivity index (χ1n) is 14.2. The van der Waals surface area contributed by atoms with E-state index in [1.54, 1.807) is 16.7 Å². The van der Waals surface area contributed by atoms with Gasteiger partial charge in [-0.3, -0.25) is 4.79 Å². The Bertz CT molecular complexity index is 957. The zero-order valence-electron chi connectivity index (χ0n) is 24.1. The molecular weight excluding hydrogens is 524 g/mol. The lowest BCUT2D eigenvalue weighted by Gasteiger charge is -2.37. The van der Waals surface area contributed by atoms with E-state index in [4.69, 9.17) is 14.2 Å². The second-order valence-corrected chi connectivity index (χ2v) is 13.1. The fraction of sp³-hybridized carbons (Fsp3) is 0.733. The number of alkyl halides is 2. The summed E-state index contributed by atoms with van der Waals surface area (Å²) in [4.78, 5) is 27.8. The minimum Gasteiger partial charge on any atom is -0.492 e. The monoisotopic (exact) mass is 569 g/mol. The van der Waals surface area contributed by atoms with Crippen molar-refractivity contribution in [3.05, 3.63) is 23.8 Å². The van der Waals surface area contributed by atoms with Crippen molar-refractivity contribution in [1.82, 2.24) is 4.90 Å². The van der Waals surface area contributed by atoms with Crippen LogP contribution in [0.5, 0.6) is 5.75 Å². The lowest BCUT2D eigenvalue weighted by Crippen LogP contribution is -2.46. The number of ether oxygens (including phenoxy) is 3. The summed E-state index contributed by atoms with van der Waals surface area (Å²) in [6, 6.07) is 5.94. The molecule has 6 nitrogen and oxygen atoms in total. The smallest absolute Gasteiger partial charge is 0.410 e. The van der Waals surface area contributed by atoms with Crippen LogP contribution in [0.4, 0.5) is 13.6 Å². The highest BCUT2D eigenvalue weighted by Gasteiger charge is 2.39. The topological polar surface area (TPSA) is 65.1 Å². The van der Waals surface area contributed by atoms with E-state index in [0.29, 0.717) is 26.0 Å². The van der Waals surface area contributed by atoms with Crippen LogP contribution >= 0.6 is 11.8 Å². The van der Waals surface area contributed by atoms with E-state index in [1.807, 2.05) is 33.8 Å². The number of amides is 1. The Hall–Kier alpha value is -2.03. The average Bonchev–Trinajstić information content (AvgIpc) is 3.32. The molecule has 1 aromatic rings. The van der Waals surface area contributed by atoms with Gasteiger partial charge in [0.05, 0.1) is 19.6 Å². The molecule has 1 aromatic carbocycles. The van der Waals surface area contributed by atoms with Gasteiger partial charge in [-0.05, 0) is 90.3 Å². The Morgan fingerprint density at radius 3 is 2.46 bits per heavy atom. The first-order chi connectivity index (χ1) is 18.4. The Morgan fingerprint density at radius 1 is 1.08 bits per heavy atom. The Morgan fingerprint density at radius 2 is 1.79 bits per heavy atom. The van der Waals surface area contributed by atoms with Gasteiger partial charge in [-0.1, -0.05) is 12.5 Å². The number of hydrogen-bond donors (Lipinski definition) is 0. The first kappa shape index (κ1) is 31.5. The minimum absolute atomic E-state index is 0.0857.